The molecule has 0 N–H and O–H groups in total. The molecule has 0 bridgehead atoms. The van der Waals surface area contributed by atoms with Gasteiger partial charge in [-0.1, -0.05) is 0 Å². The second-order valence-corrected chi connectivity index (χ2v) is 4.94. The van der Waals surface area contributed by atoms with Crippen LogP contribution in [0, 0.1) is 0 Å². The van der Waals surface area contributed by atoms with Gasteiger partial charge in [0.15, 0.2) is 0 Å². The van der Waals surface area contributed by atoms with Gasteiger partial charge >= 0.3 is 5.97 Å². The predicted molar refractivity (Wildman–Crippen MR) is 87.8 cm³/mol. The Morgan fingerprint density at radius 2 is 1.29 bits per heavy atom. The van der Waals surface area contributed by atoms with Gasteiger partial charge < -0.3 is 28.6 Å². The molecule has 0 aliphatic carbocycles. The van der Waals surface area contributed by atoms with E-state index in [0.717, 1.165) is 0 Å². The van der Waals surface area contributed by atoms with Crippen LogP contribution in [-0.2, 0) is 33.3 Å². The van der Waals surface area contributed by atoms with Crippen LogP contribution in [0.4, 0.5) is 0 Å². The molecule has 0 radical (unpaired) electrons. The zero-order valence-electron chi connectivity index (χ0n) is 15.1. The van der Waals surface area contributed by atoms with Crippen molar-refractivity contribution < 1.29 is 33.3 Å². The summed E-state index contributed by atoms with van der Waals surface area (Å²) in [4.78, 5) is 23.9. The molecule has 0 rings (SSSR count). The van der Waals surface area contributed by atoms with Crippen LogP contribution < -0.4 is 0 Å². The summed E-state index contributed by atoms with van der Waals surface area (Å²) >= 11 is 0. The van der Waals surface area contributed by atoms with E-state index in [2.05, 4.69) is 0 Å². The number of carbonyl (C=O) groups excluding carboxylic acids is 2. The Morgan fingerprint density at radius 1 is 0.792 bits per heavy atom. The third-order valence-electron chi connectivity index (χ3n) is 2.94. The van der Waals surface area contributed by atoms with Gasteiger partial charge in [0.05, 0.1) is 59.2 Å². The van der Waals surface area contributed by atoms with Crippen molar-refractivity contribution in [1.29, 1.82) is 0 Å². The highest BCUT2D eigenvalue weighted by molar-refractivity contribution is 5.76. The van der Waals surface area contributed by atoms with Crippen molar-refractivity contribution in [3.05, 3.63) is 0 Å². The number of carbonyl (C=O) groups is 2. The highest BCUT2D eigenvalue weighted by atomic mass is 16.6. The molecule has 1 amide bonds. The zero-order valence-corrected chi connectivity index (χ0v) is 15.1. The van der Waals surface area contributed by atoms with E-state index >= 15 is 0 Å². The molecule has 0 aromatic heterocycles. The summed E-state index contributed by atoms with van der Waals surface area (Å²) in [5.74, 6) is -0.398. The summed E-state index contributed by atoms with van der Waals surface area (Å²) in [6, 6.07) is 0. The van der Waals surface area contributed by atoms with Crippen LogP contribution in [-0.4, -0.2) is 89.8 Å². The number of esters is 1. The molecule has 0 saturated heterocycles. The van der Waals surface area contributed by atoms with E-state index in [0.29, 0.717) is 59.4 Å². The van der Waals surface area contributed by atoms with Crippen LogP contribution in [0.2, 0.25) is 0 Å². The molecule has 142 valence electrons. The number of hydrogen-bond donors (Lipinski definition) is 0. The van der Waals surface area contributed by atoms with E-state index in [1.807, 2.05) is 6.92 Å². The monoisotopic (exact) mass is 349 g/mol. The van der Waals surface area contributed by atoms with Gasteiger partial charge in [0.25, 0.3) is 0 Å². The smallest absolute Gasteiger partial charge is 0.302 e. The second-order valence-electron chi connectivity index (χ2n) is 4.94. The fourth-order valence-corrected chi connectivity index (χ4v) is 1.61. The van der Waals surface area contributed by atoms with Gasteiger partial charge in [-0.25, -0.2) is 0 Å². The van der Waals surface area contributed by atoms with E-state index in [1.54, 1.807) is 7.05 Å². The van der Waals surface area contributed by atoms with Crippen molar-refractivity contribution in [3.8, 4) is 0 Å². The molecule has 0 atom stereocenters. The first-order valence-corrected chi connectivity index (χ1v) is 8.26. The largest absolute Gasteiger partial charge is 0.464 e. The minimum atomic E-state index is -0.348. The summed E-state index contributed by atoms with van der Waals surface area (Å²) in [5, 5.41) is 0. The second kappa shape index (κ2) is 16.6. The first-order chi connectivity index (χ1) is 11.6. The van der Waals surface area contributed by atoms with E-state index in [9.17, 15) is 9.59 Å². The first-order valence-electron chi connectivity index (χ1n) is 8.26. The molecule has 0 aliphatic rings. The fourth-order valence-electron chi connectivity index (χ4n) is 1.61. The van der Waals surface area contributed by atoms with Gasteiger partial charge in [0.1, 0.15) is 6.61 Å². The number of ether oxygens (including phenoxy) is 5. The molecule has 0 aromatic rings. The normalized spacial score (nSPS) is 10.6. The SMILES string of the molecule is CCOCCOCCOCCOCCC(=O)N(C)CCOC(C)=O. The topological polar surface area (TPSA) is 83.5 Å². The Bertz CT molecular complexity index is 326. The quantitative estimate of drug-likeness (QED) is 0.296. The van der Waals surface area contributed by atoms with Gasteiger partial charge in [-0.2, -0.15) is 0 Å². The van der Waals surface area contributed by atoms with Crippen molar-refractivity contribution in [2.75, 3.05) is 73.1 Å². The third-order valence-corrected chi connectivity index (χ3v) is 2.94. The Hall–Kier alpha value is -1.22. The van der Waals surface area contributed by atoms with Crippen LogP contribution in [0.15, 0.2) is 0 Å². The molecule has 0 unspecified atom stereocenters. The molecule has 0 spiro atoms. The molecule has 24 heavy (non-hydrogen) atoms. The van der Waals surface area contributed by atoms with E-state index in [-0.39, 0.29) is 24.9 Å². The standard InChI is InChI=1S/C16H31NO7/c1-4-20-9-10-22-13-14-23-12-11-21-7-5-16(19)17(3)6-8-24-15(2)18/h4-14H2,1-3H3. The van der Waals surface area contributed by atoms with Gasteiger partial charge in [0.2, 0.25) is 5.91 Å². The van der Waals surface area contributed by atoms with Crippen LogP contribution in [0.3, 0.4) is 0 Å². The Morgan fingerprint density at radius 3 is 1.79 bits per heavy atom. The minimum Gasteiger partial charge on any atom is -0.464 e. The van der Waals surface area contributed by atoms with E-state index in [1.165, 1.54) is 11.8 Å². The summed E-state index contributed by atoms with van der Waals surface area (Å²) in [5.41, 5.74) is 0. The van der Waals surface area contributed by atoms with Gasteiger partial charge in [0, 0.05) is 20.6 Å². The average molecular weight is 349 g/mol. The summed E-state index contributed by atoms with van der Waals surface area (Å²) in [6.07, 6.45) is 0.289. The number of likely N-dealkylation sites (N-methyl/N-ethyl adjacent to an activating group) is 1. The van der Waals surface area contributed by atoms with E-state index in [4.69, 9.17) is 23.7 Å². The molecule has 0 aliphatic heterocycles. The van der Waals surface area contributed by atoms with Crippen LogP contribution in [0.25, 0.3) is 0 Å². The average Bonchev–Trinajstić information content (AvgIpc) is 2.55. The number of rotatable bonds is 16. The molecule has 0 saturated carbocycles. The Kier molecular flexibility index (Phi) is 15.8. The minimum absolute atomic E-state index is 0.0502. The summed E-state index contributed by atoms with van der Waals surface area (Å²) in [7, 11) is 1.67. The predicted octanol–water partition coefficient (Wildman–Crippen LogP) is 0.484. The van der Waals surface area contributed by atoms with Crippen molar-refractivity contribution in [1.82, 2.24) is 4.90 Å². The summed E-state index contributed by atoms with van der Waals surface area (Å²) in [6.45, 7) is 8.00. The van der Waals surface area contributed by atoms with Crippen molar-refractivity contribution in [2.24, 2.45) is 0 Å². The highest BCUT2D eigenvalue weighted by Crippen LogP contribution is 1.93. The van der Waals surface area contributed by atoms with Crippen molar-refractivity contribution in [2.45, 2.75) is 20.3 Å². The van der Waals surface area contributed by atoms with Crippen LogP contribution in [0.1, 0.15) is 20.3 Å². The number of amides is 1. The zero-order chi connectivity index (χ0) is 18.0. The Balaban J connectivity index is 3.31. The van der Waals surface area contributed by atoms with Gasteiger partial charge in [-0.05, 0) is 6.92 Å². The third kappa shape index (κ3) is 15.7. The molecule has 0 heterocycles. The van der Waals surface area contributed by atoms with E-state index < -0.39 is 0 Å². The van der Waals surface area contributed by atoms with Gasteiger partial charge in [-0.3, -0.25) is 9.59 Å². The van der Waals surface area contributed by atoms with Crippen LogP contribution in [0.5, 0.6) is 0 Å². The Labute approximate surface area is 144 Å². The lowest BCUT2D eigenvalue weighted by molar-refractivity contribution is -0.143. The van der Waals surface area contributed by atoms with Crippen molar-refractivity contribution in [3.63, 3.8) is 0 Å². The number of nitrogens with zero attached hydrogens (tertiary/aromatic N) is 1. The van der Waals surface area contributed by atoms with Gasteiger partial charge in [-0.15, -0.1) is 0 Å². The maximum absolute atomic E-state index is 11.7. The maximum atomic E-state index is 11.7. The molecular formula is C16H31NO7. The van der Waals surface area contributed by atoms with Crippen LogP contribution >= 0.6 is 0 Å². The molecule has 8 heteroatoms. The summed E-state index contributed by atoms with van der Waals surface area (Å²) < 4.78 is 25.9. The lowest BCUT2D eigenvalue weighted by Crippen LogP contribution is -2.31. The molecule has 0 fully saturated rings. The van der Waals surface area contributed by atoms with Crippen molar-refractivity contribution >= 4 is 11.9 Å². The molecule has 8 nitrogen and oxygen atoms in total. The first kappa shape index (κ1) is 22.8. The lowest BCUT2D eigenvalue weighted by Gasteiger charge is -2.16. The maximum Gasteiger partial charge on any atom is 0.302 e. The molecule has 0 aromatic carbocycles. The fraction of sp³-hybridized carbons (Fsp3) is 0.875. The molecular weight excluding hydrogens is 318 g/mol. The highest BCUT2D eigenvalue weighted by Gasteiger charge is 2.08. The lowest BCUT2D eigenvalue weighted by atomic mass is 10.4. The number of hydrogen-bond acceptors (Lipinski definition) is 7.